The van der Waals surface area contributed by atoms with Gasteiger partial charge in [0.05, 0.1) is 36.5 Å². The Morgan fingerprint density at radius 1 is 0.967 bits per heavy atom. The highest BCUT2D eigenvalue weighted by Gasteiger charge is 2.26. The quantitative estimate of drug-likeness (QED) is 0.417. The molecular formula is C24H22N2O3S. The summed E-state index contributed by atoms with van der Waals surface area (Å²) in [5.41, 5.74) is 3.45. The van der Waals surface area contributed by atoms with Gasteiger partial charge in [-0.3, -0.25) is 9.69 Å². The van der Waals surface area contributed by atoms with E-state index in [9.17, 15) is 4.79 Å². The number of para-hydroxylation sites is 2. The first-order chi connectivity index (χ1) is 14.6. The molecule has 0 saturated carbocycles. The monoisotopic (exact) mass is 418 g/mol. The van der Waals surface area contributed by atoms with Crippen LogP contribution in [0.2, 0.25) is 0 Å². The zero-order valence-corrected chi connectivity index (χ0v) is 17.9. The van der Waals surface area contributed by atoms with E-state index in [2.05, 4.69) is 0 Å². The van der Waals surface area contributed by atoms with Crippen molar-refractivity contribution < 1.29 is 14.3 Å². The van der Waals surface area contributed by atoms with Crippen LogP contribution < -0.4 is 14.4 Å². The Morgan fingerprint density at radius 3 is 2.43 bits per heavy atom. The number of ether oxygens (including phenoxy) is 2. The second-order valence-corrected chi connectivity index (χ2v) is 7.85. The minimum absolute atomic E-state index is 0.189. The van der Waals surface area contributed by atoms with Gasteiger partial charge in [-0.25, -0.2) is 4.98 Å². The molecule has 1 aromatic heterocycles. The molecule has 0 fully saturated rings. The van der Waals surface area contributed by atoms with Gasteiger partial charge in [-0.2, -0.15) is 0 Å². The Morgan fingerprint density at radius 2 is 1.73 bits per heavy atom. The van der Waals surface area contributed by atoms with Gasteiger partial charge in [-0.15, -0.1) is 0 Å². The van der Waals surface area contributed by atoms with Crippen LogP contribution in [0.15, 0.2) is 66.7 Å². The first-order valence-electron chi connectivity index (χ1n) is 9.55. The summed E-state index contributed by atoms with van der Waals surface area (Å²) in [7, 11) is 3.10. The number of fused-ring (bicyclic) bond motifs is 1. The van der Waals surface area contributed by atoms with Gasteiger partial charge in [-0.1, -0.05) is 59.9 Å². The number of amides is 1. The summed E-state index contributed by atoms with van der Waals surface area (Å²) in [5, 5.41) is 0.651. The van der Waals surface area contributed by atoms with Crippen molar-refractivity contribution in [3.05, 3.63) is 83.4 Å². The Kier molecular flexibility index (Phi) is 5.68. The van der Waals surface area contributed by atoms with Crippen LogP contribution in [0.25, 0.3) is 10.2 Å². The number of carbonyl (C=O) groups excluding carboxylic acids is 1. The van der Waals surface area contributed by atoms with Gasteiger partial charge in [0.1, 0.15) is 0 Å². The second-order valence-electron chi connectivity index (χ2n) is 6.84. The van der Waals surface area contributed by atoms with Crippen LogP contribution in [0.1, 0.15) is 21.5 Å². The van der Waals surface area contributed by atoms with Crippen LogP contribution in [0.4, 0.5) is 5.13 Å². The van der Waals surface area contributed by atoms with Crippen LogP contribution in [-0.2, 0) is 6.54 Å². The molecule has 152 valence electrons. The molecule has 0 bridgehead atoms. The van der Waals surface area contributed by atoms with Crippen LogP contribution in [0.3, 0.4) is 0 Å². The van der Waals surface area contributed by atoms with Crippen molar-refractivity contribution >= 4 is 32.6 Å². The van der Waals surface area contributed by atoms with Gasteiger partial charge in [0, 0.05) is 0 Å². The zero-order chi connectivity index (χ0) is 21.1. The molecule has 0 aliphatic carbocycles. The third-order valence-electron chi connectivity index (χ3n) is 4.90. The first-order valence-corrected chi connectivity index (χ1v) is 10.4. The number of aromatic nitrogens is 1. The summed E-state index contributed by atoms with van der Waals surface area (Å²) in [6.45, 7) is 2.43. The molecule has 0 aliphatic rings. The van der Waals surface area contributed by atoms with Crippen molar-refractivity contribution in [1.82, 2.24) is 4.98 Å². The number of hydrogen-bond donors (Lipinski definition) is 0. The maximum atomic E-state index is 13.7. The number of methoxy groups -OCH3 is 2. The van der Waals surface area contributed by atoms with E-state index in [0.717, 1.165) is 21.3 Å². The predicted molar refractivity (Wildman–Crippen MR) is 121 cm³/mol. The van der Waals surface area contributed by atoms with Gasteiger partial charge in [0.2, 0.25) is 0 Å². The minimum Gasteiger partial charge on any atom is -0.493 e. The Bertz CT molecular complexity index is 1190. The van der Waals surface area contributed by atoms with Crippen LogP contribution in [-0.4, -0.2) is 25.1 Å². The highest BCUT2D eigenvalue weighted by atomic mass is 32.1. The van der Waals surface area contributed by atoms with E-state index in [-0.39, 0.29) is 5.91 Å². The third kappa shape index (κ3) is 3.74. The molecule has 0 atom stereocenters. The fraction of sp³-hybridized carbons (Fsp3) is 0.167. The molecule has 4 rings (SSSR count). The first kappa shape index (κ1) is 19.9. The van der Waals surface area contributed by atoms with Crippen LogP contribution in [0.5, 0.6) is 11.5 Å². The molecule has 30 heavy (non-hydrogen) atoms. The van der Waals surface area contributed by atoms with Crippen molar-refractivity contribution in [2.45, 2.75) is 13.5 Å². The van der Waals surface area contributed by atoms with Gasteiger partial charge in [0.25, 0.3) is 5.91 Å². The topological polar surface area (TPSA) is 51.7 Å². The Balaban J connectivity index is 1.83. The highest BCUT2D eigenvalue weighted by Crippen LogP contribution is 2.36. The van der Waals surface area contributed by atoms with Crippen molar-refractivity contribution in [2.75, 3.05) is 19.1 Å². The molecule has 1 heterocycles. The molecule has 6 heteroatoms. The molecule has 0 unspecified atom stereocenters. The number of thiazole rings is 1. The molecule has 1 amide bonds. The summed E-state index contributed by atoms with van der Waals surface area (Å²) in [5.74, 6) is 0.745. The van der Waals surface area contributed by atoms with Crippen molar-refractivity contribution in [2.24, 2.45) is 0 Å². The van der Waals surface area contributed by atoms with Gasteiger partial charge < -0.3 is 9.47 Å². The number of anilines is 1. The number of rotatable bonds is 6. The standard InChI is InChI=1S/C24H22N2O3S/c1-16-9-7-14-20-21(16)25-24(30-20)26(15-17-10-5-4-6-11-17)23(27)18-12-8-13-19(28-2)22(18)29-3/h4-14H,15H2,1-3H3. The number of carbonyl (C=O) groups is 1. The Labute approximate surface area is 179 Å². The number of aryl methyl sites for hydroxylation is 1. The molecule has 3 aromatic carbocycles. The van der Waals surface area contributed by atoms with Crippen LogP contribution >= 0.6 is 11.3 Å². The summed E-state index contributed by atoms with van der Waals surface area (Å²) in [6, 6.07) is 21.3. The number of benzene rings is 3. The maximum absolute atomic E-state index is 13.7. The summed E-state index contributed by atoms with van der Waals surface area (Å²) in [4.78, 5) is 20.2. The summed E-state index contributed by atoms with van der Waals surface area (Å²) >= 11 is 1.51. The van der Waals surface area contributed by atoms with Crippen LogP contribution in [0, 0.1) is 6.92 Å². The lowest BCUT2D eigenvalue weighted by Crippen LogP contribution is -2.30. The molecule has 0 radical (unpaired) electrons. The van der Waals surface area contributed by atoms with E-state index < -0.39 is 0 Å². The van der Waals surface area contributed by atoms with Gasteiger partial charge in [-0.05, 0) is 36.2 Å². The molecule has 0 N–H and O–H groups in total. The average Bonchev–Trinajstić information content (AvgIpc) is 3.22. The fourth-order valence-corrected chi connectivity index (χ4v) is 4.42. The van der Waals surface area contributed by atoms with Crippen molar-refractivity contribution in [3.63, 3.8) is 0 Å². The fourth-order valence-electron chi connectivity index (χ4n) is 3.38. The summed E-state index contributed by atoms with van der Waals surface area (Å²) in [6.07, 6.45) is 0. The molecule has 0 spiro atoms. The molecular weight excluding hydrogens is 396 g/mol. The SMILES string of the molecule is COc1cccc(C(=O)N(Cc2ccccc2)c2nc3c(C)cccc3s2)c1OC. The second kappa shape index (κ2) is 8.55. The van der Waals surface area contributed by atoms with E-state index in [4.69, 9.17) is 14.5 Å². The van der Waals surface area contributed by atoms with E-state index >= 15 is 0 Å². The molecule has 0 aliphatic heterocycles. The molecule has 0 saturated heterocycles. The van der Waals surface area contributed by atoms with E-state index in [1.807, 2.05) is 55.5 Å². The lowest BCUT2D eigenvalue weighted by Gasteiger charge is -2.22. The normalized spacial score (nSPS) is 10.8. The maximum Gasteiger partial charge on any atom is 0.264 e. The Hall–Kier alpha value is -3.38. The summed E-state index contributed by atoms with van der Waals surface area (Å²) < 4.78 is 11.9. The lowest BCUT2D eigenvalue weighted by atomic mass is 10.1. The molecule has 4 aromatic rings. The number of hydrogen-bond acceptors (Lipinski definition) is 5. The lowest BCUT2D eigenvalue weighted by molar-refractivity contribution is 0.0981. The van der Waals surface area contributed by atoms with Gasteiger partial charge >= 0.3 is 0 Å². The predicted octanol–water partition coefficient (Wildman–Crippen LogP) is 5.47. The minimum atomic E-state index is -0.189. The van der Waals surface area contributed by atoms with Crippen molar-refractivity contribution in [1.29, 1.82) is 0 Å². The smallest absolute Gasteiger partial charge is 0.264 e. The third-order valence-corrected chi connectivity index (χ3v) is 5.95. The number of nitrogens with zero attached hydrogens (tertiary/aromatic N) is 2. The van der Waals surface area contributed by atoms with Gasteiger partial charge in [0.15, 0.2) is 16.6 Å². The highest BCUT2D eigenvalue weighted by molar-refractivity contribution is 7.22. The van der Waals surface area contributed by atoms with Crippen molar-refractivity contribution in [3.8, 4) is 11.5 Å². The molecule has 5 nitrogen and oxygen atoms in total. The largest absolute Gasteiger partial charge is 0.493 e. The average molecular weight is 419 g/mol. The van der Waals surface area contributed by atoms with E-state index in [1.54, 1.807) is 30.2 Å². The van der Waals surface area contributed by atoms with E-state index in [0.29, 0.717) is 28.7 Å². The zero-order valence-electron chi connectivity index (χ0n) is 17.1. The van der Waals surface area contributed by atoms with E-state index in [1.165, 1.54) is 18.4 Å².